The van der Waals surface area contributed by atoms with Crippen molar-refractivity contribution in [2.45, 2.75) is 89.9 Å². The van der Waals surface area contributed by atoms with E-state index >= 15 is 0 Å². The second kappa shape index (κ2) is 10.4. The fraction of sp³-hybridized carbons (Fsp3) is 0.680. The average molecular weight is 375 g/mol. The molecule has 0 radical (unpaired) electrons. The highest BCUT2D eigenvalue weighted by molar-refractivity contribution is 5.22. The minimum atomic E-state index is -0.741. The van der Waals surface area contributed by atoms with Crippen molar-refractivity contribution in [3.05, 3.63) is 47.5 Å². The maximum Gasteiger partial charge on any atom is 0.159 e. The summed E-state index contributed by atoms with van der Waals surface area (Å²) in [6.07, 6.45) is 20.5. The van der Waals surface area contributed by atoms with Gasteiger partial charge >= 0.3 is 0 Å². The van der Waals surface area contributed by atoms with Crippen molar-refractivity contribution in [2.24, 2.45) is 17.8 Å². The number of benzene rings is 1. The van der Waals surface area contributed by atoms with E-state index in [1.807, 2.05) is 0 Å². The minimum absolute atomic E-state index is 0.392. The summed E-state index contributed by atoms with van der Waals surface area (Å²) < 4.78 is 26.5. The minimum Gasteiger partial charge on any atom is -0.204 e. The van der Waals surface area contributed by atoms with E-state index < -0.39 is 11.6 Å². The molecular weight excluding hydrogens is 338 g/mol. The van der Waals surface area contributed by atoms with Crippen LogP contribution in [0.5, 0.6) is 0 Å². The molecule has 0 unspecified atom stereocenters. The van der Waals surface area contributed by atoms with Gasteiger partial charge in [-0.2, -0.15) is 0 Å². The molecule has 0 N–H and O–H groups in total. The van der Waals surface area contributed by atoms with E-state index in [0.29, 0.717) is 11.8 Å². The van der Waals surface area contributed by atoms with E-state index in [-0.39, 0.29) is 0 Å². The highest BCUT2D eigenvalue weighted by Gasteiger charge is 2.22. The Morgan fingerprint density at radius 1 is 0.852 bits per heavy atom. The normalized spacial score (nSPS) is 29.3. The molecular formula is C25H36F2. The number of hydrogen-bond acceptors (Lipinski definition) is 0. The highest BCUT2D eigenvalue weighted by Crippen LogP contribution is 2.37. The van der Waals surface area contributed by atoms with Gasteiger partial charge in [-0.25, -0.2) is 8.78 Å². The lowest BCUT2D eigenvalue weighted by molar-refractivity contribution is 0.253. The van der Waals surface area contributed by atoms with Crippen LogP contribution >= 0.6 is 0 Å². The standard InChI is InChI=1S/C25H36F2/c1-2-5-19-8-10-20(11-9-19)6-3-4-7-21-12-14-22(15-13-21)23-16-17-24(26)25(27)18-23/h4,7,16-22H,2-3,5-6,8-15H2,1H3/b7-4+. The maximum atomic E-state index is 13.4. The van der Waals surface area contributed by atoms with Crippen molar-refractivity contribution in [1.82, 2.24) is 0 Å². The van der Waals surface area contributed by atoms with Crippen LogP contribution in [0.2, 0.25) is 0 Å². The first kappa shape index (κ1) is 20.6. The van der Waals surface area contributed by atoms with Crippen molar-refractivity contribution in [1.29, 1.82) is 0 Å². The molecule has 0 aromatic heterocycles. The summed E-state index contributed by atoms with van der Waals surface area (Å²) in [4.78, 5) is 0. The Hall–Kier alpha value is -1.18. The first-order valence-corrected chi connectivity index (χ1v) is 11.3. The predicted molar refractivity (Wildman–Crippen MR) is 110 cm³/mol. The first-order chi connectivity index (χ1) is 13.2. The molecule has 0 bridgehead atoms. The van der Waals surface area contributed by atoms with Crippen LogP contribution < -0.4 is 0 Å². The summed E-state index contributed by atoms with van der Waals surface area (Å²) in [5.74, 6) is 1.57. The van der Waals surface area contributed by atoms with Crippen molar-refractivity contribution >= 4 is 0 Å². The van der Waals surface area contributed by atoms with Gasteiger partial charge in [-0.1, -0.05) is 63.7 Å². The van der Waals surface area contributed by atoms with Crippen molar-refractivity contribution in [3.63, 3.8) is 0 Å². The fourth-order valence-corrected chi connectivity index (χ4v) is 5.25. The van der Waals surface area contributed by atoms with Crippen molar-refractivity contribution in [2.75, 3.05) is 0 Å². The Kier molecular flexibility index (Phi) is 7.91. The number of halogens is 2. The molecule has 0 spiro atoms. The van der Waals surface area contributed by atoms with Gasteiger partial charge in [0.15, 0.2) is 11.6 Å². The van der Waals surface area contributed by atoms with Gasteiger partial charge in [-0.15, -0.1) is 0 Å². The molecule has 2 aliphatic carbocycles. The average Bonchev–Trinajstić information content (AvgIpc) is 2.69. The van der Waals surface area contributed by atoms with Crippen LogP contribution in [0.4, 0.5) is 8.78 Å². The lowest BCUT2D eigenvalue weighted by atomic mass is 9.77. The largest absolute Gasteiger partial charge is 0.204 e. The first-order valence-electron chi connectivity index (χ1n) is 11.3. The van der Waals surface area contributed by atoms with Crippen LogP contribution in [-0.4, -0.2) is 0 Å². The number of allylic oxidation sites excluding steroid dienone is 2. The third-order valence-electron chi connectivity index (χ3n) is 7.00. The number of rotatable bonds is 7. The molecule has 0 atom stereocenters. The molecule has 2 saturated carbocycles. The summed E-state index contributed by atoms with van der Waals surface area (Å²) in [6, 6.07) is 4.42. The van der Waals surface area contributed by atoms with Gasteiger partial charge in [-0.3, -0.25) is 0 Å². The third-order valence-corrected chi connectivity index (χ3v) is 7.00. The van der Waals surface area contributed by atoms with Gasteiger partial charge in [0.25, 0.3) is 0 Å². The van der Waals surface area contributed by atoms with E-state index in [9.17, 15) is 8.78 Å². The summed E-state index contributed by atoms with van der Waals surface area (Å²) in [5, 5.41) is 0. The van der Waals surface area contributed by atoms with Crippen LogP contribution in [0.3, 0.4) is 0 Å². The fourth-order valence-electron chi connectivity index (χ4n) is 5.25. The van der Waals surface area contributed by atoms with Gasteiger partial charge in [-0.05, 0) is 79.9 Å². The molecule has 2 heteroatoms. The van der Waals surface area contributed by atoms with Crippen LogP contribution in [0, 0.1) is 29.4 Å². The molecule has 0 nitrogen and oxygen atoms in total. The Morgan fingerprint density at radius 2 is 1.52 bits per heavy atom. The Labute approximate surface area is 164 Å². The van der Waals surface area contributed by atoms with Gasteiger partial charge in [0.2, 0.25) is 0 Å². The third kappa shape index (κ3) is 6.16. The summed E-state index contributed by atoms with van der Waals surface area (Å²) in [6.45, 7) is 2.31. The molecule has 1 aromatic carbocycles. The monoisotopic (exact) mass is 374 g/mol. The molecule has 1 aromatic rings. The molecule has 0 aliphatic heterocycles. The molecule has 27 heavy (non-hydrogen) atoms. The van der Waals surface area contributed by atoms with Crippen LogP contribution in [-0.2, 0) is 0 Å². The number of hydrogen-bond donors (Lipinski definition) is 0. The second-order valence-corrected chi connectivity index (χ2v) is 8.97. The molecule has 0 heterocycles. The summed E-state index contributed by atoms with van der Waals surface area (Å²) in [5.41, 5.74) is 0.968. The van der Waals surface area contributed by atoms with E-state index in [1.165, 1.54) is 76.3 Å². The predicted octanol–water partition coefficient (Wildman–Crippen LogP) is 8.18. The summed E-state index contributed by atoms with van der Waals surface area (Å²) in [7, 11) is 0. The Bertz CT molecular complexity index is 590. The highest BCUT2D eigenvalue weighted by atomic mass is 19.2. The molecule has 0 saturated heterocycles. The lowest BCUT2D eigenvalue weighted by Crippen LogP contribution is -2.14. The van der Waals surface area contributed by atoms with E-state index in [2.05, 4.69) is 19.1 Å². The lowest BCUT2D eigenvalue weighted by Gasteiger charge is -2.28. The molecule has 3 rings (SSSR count). The van der Waals surface area contributed by atoms with Crippen LogP contribution in [0.25, 0.3) is 0 Å². The molecule has 2 fully saturated rings. The van der Waals surface area contributed by atoms with Crippen LogP contribution in [0.1, 0.15) is 95.5 Å². The van der Waals surface area contributed by atoms with Gasteiger partial charge < -0.3 is 0 Å². The molecule has 150 valence electrons. The topological polar surface area (TPSA) is 0 Å². The van der Waals surface area contributed by atoms with Crippen molar-refractivity contribution < 1.29 is 8.78 Å². The smallest absolute Gasteiger partial charge is 0.159 e. The zero-order valence-electron chi connectivity index (χ0n) is 16.9. The zero-order valence-corrected chi connectivity index (χ0v) is 16.9. The quantitative estimate of drug-likeness (QED) is 0.422. The van der Waals surface area contributed by atoms with Crippen LogP contribution in [0.15, 0.2) is 30.4 Å². The second-order valence-electron chi connectivity index (χ2n) is 8.97. The Morgan fingerprint density at radius 3 is 2.15 bits per heavy atom. The SMILES string of the molecule is CCCC1CCC(CC/C=C/C2CCC(c3ccc(F)c(F)c3)CC2)CC1. The molecule has 2 aliphatic rings. The van der Waals surface area contributed by atoms with Gasteiger partial charge in [0.1, 0.15) is 0 Å². The van der Waals surface area contributed by atoms with Crippen molar-refractivity contribution in [3.8, 4) is 0 Å². The molecule has 0 amide bonds. The van der Waals surface area contributed by atoms with Gasteiger partial charge in [0.05, 0.1) is 0 Å². The van der Waals surface area contributed by atoms with E-state index in [1.54, 1.807) is 6.07 Å². The van der Waals surface area contributed by atoms with Gasteiger partial charge in [0, 0.05) is 0 Å². The Balaban J connectivity index is 1.34. The maximum absolute atomic E-state index is 13.4. The van der Waals surface area contributed by atoms with E-state index in [4.69, 9.17) is 0 Å². The zero-order chi connectivity index (χ0) is 19.1. The summed E-state index contributed by atoms with van der Waals surface area (Å²) >= 11 is 0. The van der Waals surface area contributed by atoms with E-state index in [0.717, 1.165) is 30.2 Å².